The van der Waals surface area contributed by atoms with Crippen molar-refractivity contribution in [1.29, 1.82) is 0 Å². The minimum atomic E-state index is -0.383. The minimum Gasteiger partial charge on any atom is -0.494 e. The second-order valence-electron chi connectivity index (χ2n) is 5.25. The Kier molecular flexibility index (Phi) is 5.61. The molecule has 0 fully saturated rings. The van der Waals surface area contributed by atoms with Crippen molar-refractivity contribution >= 4 is 11.5 Å². The molecule has 5 nitrogen and oxygen atoms in total. The van der Waals surface area contributed by atoms with Crippen molar-refractivity contribution in [3.63, 3.8) is 0 Å². The molecule has 0 spiro atoms. The normalized spacial score (nSPS) is 12.3. The molecule has 4 N–H and O–H groups in total. The van der Waals surface area contributed by atoms with Crippen molar-refractivity contribution < 1.29 is 14.3 Å². The summed E-state index contributed by atoms with van der Waals surface area (Å²) >= 11 is 0. The molecular formula is C14H22FN3O2. The van der Waals surface area contributed by atoms with Crippen LogP contribution in [0, 0.1) is 11.2 Å². The van der Waals surface area contributed by atoms with Crippen molar-refractivity contribution in [2.24, 2.45) is 16.3 Å². The largest absolute Gasteiger partial charge is 0.494 e. The molecule has 1 aromatic carbocycles. The Hall–Kier alpha value is -1.98. The van der Waals surface area contributed by atoms with Gasteiger partial charge in [0.2, 0.25) is 0 Å². The Balaban J connectivity index is 2.46. The molecule has 1 rings (SSSR count). The highest BCUT2D eigenvalue weighted by Gasteiger charge is 2.22. The summed E-state index contributed by atoms with van der Waals surface area (Å²) in [6.45, 7) is 4.54. The van der Waals surface area contributed by atoms with E-state index in [1.165, 1.54) is 13.2 Å². The topological polar surface area (TPSA) is 79.9 Å². The number of anilines is 1. The second kappa shape index (κ2) is 6.98. The quantitative estimate of drug-likeness (QED) is 0.236. The maximum atomic E-state index is 13.2. The molecule has 6 heteroatoms. The number of ether oxygens (including phenoxy) is 1. The zero-order valence-electron chi connectivity index (χ0n) is 12.1. The first-order chi connectivity index (χ1) is 9.40. The molecule has 0 bridgehead atoms. The Labute approximate surface area is 118 Å². The zero-order chi connectivity index (χ0) is 15.2. The molecular weight excluding hydrogens is 261 g/mol. The van der Waals surface area contributed by atoms with Gasteiger partial charge in [-0.2, -0.15) is 0 Å². The second-order valence-corrected chi connectivity index (χ2v) is 5.25. The molecule has 20 heavy (non-hydrogen) atoms. The maximum Gasteiger partial charge on any atom is 0.165 e. The molecule has 0 saturated carbocycles. The van der Waals surface area contributed by atoms with Crippen LogP contribution < -0.4 is 15.8 Å². The lowest BCUT2D eigenvalue weighted by molar-refractivity contribution is 0.305. The molecule has 112 valence electrons. The summed E-state index contributed by atoms with van der Waals surface area (Å²) in [5.41, 5.74) is 6.07. The van der Waals surface area contributed by atoms with Gasteiger partial charge < -0.3 is 21.0 Å². The average Bonchev–Trinajstić information content (AvgIpc) is 2.44. The van der Waals surface area contributed by atoms with Gasteiger partial charge in [-0.15, -0.1) is 0 Å². The number of hydrogen-bond acceptors (Lipinski definition) is 4. The number of nitrogens with zero attached hydrogens (tertiary/aromatic N) is 1. The fourth-order valence-electron chi connectivity index (χ4n) is 1.80. The third-order valence-corrected chi connectivity index (χ3v) is 3.26. The lowest BCUT2D eigenvalue weighted by atomic mass is 9.86. The van der Waals surface area contributed by atoms with Gasteiger partial charge in [-0.05, 0) is 25.0 Å². The standard InChI is InChI=1S/C14H22FN3O2/c1-14(2,13(16)18-19)7-4-8-17-10-5-6-11(15)12(9-10)20-3/h5-6,9,17,19H,4,7-8H2,1-3H3,(H2,16,18). The number of rotatable bonds is 7. The van der Waals surface area contributed by atoms with Crippen molar-refractivity contribution in [1.82, 2.24) is 0 Å². The van der Waals surface area contributed by atoms with Crippen LogP contribution in [-0.2, 0) is 0 Å². The van der Waals surface area contributed by atoms with Crippen LogP contribution in [0.3, 0.4) is 0 Å². The number of nitrogens with one attached hydrogen (secondary N) is 1. The van der Waals surface area contributed by atoms with E-state index in [0.717, 1.165) is 18.5 Å². The summed E-state index contributed by atoms with van der Waals surface area (Å²) in [7, 11) is 1.43. The summed E-state index contributed by atoms with van der Waals surface area (Å²) in [5.74, 6) is 0.0547. The Bertz CT molecular complexity index is 475. The lowest BCUT2D eigenvalue weighted by Crippen LogP contribution is -2.32. The molecule has 1 aromatic rings. The summed E-state index contributed by atoms with van der Waals surface area (Å²) in [5, 5.41) is 14.9. The van der Waals surface area contributed by atoms with Gasteiger partial charge in [0.15, 0.2) is 11.6 Å². The van der Waals surface area contributed by atoms with Crippen LogP contribution in [0.1, 0.15) is 26.7 Å². The van der Waals surface area contributed by atoms with Gasteiger partial charge in [-0.1, -0.05) is 19.0 Å². The van der Waals surface area contributed by atoms with Gasteiger partial charge in [0, 0.05) is 23.7 Å². The van der Waals surface area contributed by atoms with E-state index in [1.807, 2.05) is 13.8 Å². The number of hydrogen-bond donors (Lipinski definition) is 3. The fourth-order valence-corrected chi connectivity index (χ4v) is 1.80. The van der Waals surface area contributed by atoms with Gasteiger partial charge in [0.25, 0.3) is 0 Å². The van der Waals surface area contributed by atoms with Crippen LogP contribution in [0.2, 0.25) is 0 Å². The SMILES string of the molecule is COc1cc(NCCCC(C)(C)/C(N)=N/O)ccc1F. The predicted molar refractivity (Wildman–Crippen MR) is 77.9 cm³/mol. The lowest BCUT2D eigenvalue weighted by Gasteiger charge is -2.22. The van der Waals surface area contributed by atoms with Gasteiger partial charge in [0.05, 0.1) is 7.11 Å². The Morgan fingerprint density at radius 2 is 2.20 bits per heavy atom. The molecule has 0 aliphatic rings. The van der Waals surface area contributed by atoms with Gasteiger partial charge >= 0.3 is 0 Å². The molecule has 0 aliphatic carbocycles. The molecule has 0 atom stereocenters. The van der Waals surface area contributed by atoms with Crippen molar-refractivity contribution in [3.05, 3.63) is 24.0 Å². The molecule has 0 aliphatic heterocycles. The number of oxime groups is 1. The first-order valence-corrected chi connectivity index (χ1v) is 6.46. The average molecular weight is 283 g/mol. The Morgan fingerprint density at radius 3 is 2.80 bits per heavy atom. The predicted octanol–water partition coefficient (Wildman–Crippen LogP) is 2.80. The minimum absolute atomic E-state index is 0.215. The zero-order valence-corrected chi connectivity index (χ0v) is 12.1. The van der Waals surface area contributed by atoms with Crippen LogP contribution in [0.5, 0.6) is 5.75 Å². The maximum absolute atomic E-state index is 13.2. The first-order valence-electron chi connectivity index (χ1n) is 6.46. The smallest absolute Gasteiger partial charge is 0.165 e. The van der Waals surface area contributed by atoms with Crippen LogP contribution in [0.25, 0.3) is 0 Å². The third kappa shape index (κ3) is 4.29. The van der Waals surface area contributed by atoms with Crippen molar-refractivity contribution in [3.8, 4) is 5.75 Å². The number of nitrogens with two attached hydrogens (primary N) is 1. The monoisotopic (exact) mass is 283 g/mol. The van der Waals surface area contributed by atoms with E-state index in [4.69, 9.17) is 15.7 Å². The number of methoxy groups -OCH3 is 1. The summed E-state index contributed by atoms with van der Waals surface area (Å²) < 4.78 is 18.2. The molecule has 0 saturated heterocycles. The molecule has 0 heterocycles. The van der Waals surface area contributed by atoms with Crippen LogP contribution >= 0.6 is 0 Å². The number of amidine groups is 1. The van der Waals surface area contributed by atoms with Gasteiger partial charge in [0.1, 0.15) is 5.84 Å². The highest BCUT2D eigenvalue weighted by molar-refractivity contribution is 5.85. The van der Waals surface area contributed by atoms with E-state index in [9.17, 15) is 4.39 Å². The van der Waals surface area contributed by atoms with E-state index in [-0.39, 0.29) is 22.8 Å². The third-order valence-electron chi connectivity index (χ3n) is 3.26. The molecule has 0 amide bonds. The number of halogens is 1. The van der Waals surface area contributed by atoms with E-state index < -0.39 is 0 Å². The molecule has 0 aromatic heterocycles. The summed E-state index contributed by atoms with van der Waals surface area (Å²) in [4.78, 5) is 0. The van der Waals surface area contributed by atoms with E-state index in [0.29, 0.717) is 6.54 Å². The van der Waals surface area contributed by atoms with E-state index in [1.54, 1.807) is 12.1 Å². The summed E-state index contributed by atoms with van der Waals surface area (Å²) in [6, 6.07) is 4.64. The van der Waals surface area contributed by atoms with Crippen molar-refractivity contribution in [2.75, 3.05) is 19.0 Å². The molecule has 0 unspecified atom stereocenters. The van der Waals surface area contributed by atoms with Crippen LogP contribution in [-0.4, -0.2) is 24.7 Å². The highest BCUT2D eigenvalue weighted by atomic mass is 19.1. The van der Waals surface area contributed by atoms with Crippen molar-refractivity contribution in [2.45, 2.75) is 26.7 Å². The fraction of sp³-hybridized carbons (Fsp3) is 0.500. The first kappa shape index (κ1) is 16.1. The van der Waals surface area contributed by atoms with E-state index in [2.05, 4.69) is 10.5 Å². The van der Waals surface area contributed by atoms with Gasteiger partial charge in [-0.25, -0.2) is 4.39 Å². The summed E-state index contributed by atoms with van der Waals surface area (Å²) in [6.07, 6.45) is 1.61. The van der Waals surface area contributed by atoms with Gasteiger partial charge in [-0.3, -0.25) is 0 Å². The van der Waals surface area contributed by atoms with Crippen LogP contribution in [0.4, 0.5) is 10.1 Å². The van der Waals surface area contributed by atoms with E-state index >= 15 is 0 Å². The molecule has 0 radical (unpaired) electrons. The highest BCUT2D eigenvalue weighted by Crippen LogP contribution is 2.24. The van der Waals surface area contributed by atoms with Crippen LogP contribution in [0.15, 0.2) is 23.4 Å². The Morgan fingerprint density at radius 1 is 1.50 bits per heavy atom. The number of benzene rings is 1.